The highest BCUT2D eigenvalue weighted by Crippen LogP contribution is 2.37. The molecule has 5 rings (SSSR count). The minimum atomic E-state index is -0.287. The van der Waals surface area contributed by atoms with Crippen molar-refractivity contribution < 1.29 is 9.59 Å². The molecule has 2 aliphatic rings. The number of aromatic nitrogens is 1. The summed E-state index contributed by atoms with van der Waals surface area (Å²) in [5.41, 5.74) is 11.3. The number of amides is 2. The van der Waals surface area contributed by atoms with Crippen LogP contribution in [0.2, 0.25) is 0 Å². The van der Waals surface area contributed by atoms with E-state index in [9.17, 15) is 9.59 Å². The van der Waals surface area contributed by atoms with Gasteiger partial charge in [-0.15, -0.1) is 0 Å². The van der Waals surface area contributed by atoms with E-state index in [0.717, 1.165) is 37.8 Å². The second kappa shape index (κ2) is 9.16. The fourth-order valence-corrected chi connectivity index (χ4v) is 5.17. The van der Waals surface area contributed by atoms with Crippen LogP contribution in [0.3, 0.4) is 0 Å². The number of hydrogen-bond acceptors (Lipinski definition) is 4. The quantitative estimate of drug-likeness (QED) is 0.626. The highest BCUT2D eigenvalue weighted by Gasteiger charge is 2.39. The van der Waals surface area contributed by atoms with E-state index in [1.807, 2.05) is 29.2 Å². The molecule has 168 valence electrons. The minimum absolute atomic E-state index is 0.0262. The Balaban J connectivity index is 1.28. The molecule has 3 aromatic rings. The Bertz CT molecular complexity index is 1150. The topological polar surface area (TPSA) is 88.3 Å². The number of aryl methyl sites for hydroxylation is 1. The molecule has 33 heavy (non-hydrogen) atoms. The van der Waals surface area contributed by atoms with Crippen molar-refractivity contribution in [2.75, 3.05) is 11.9 Å². The molecule has 0 spiro atoms. The molecular formula is C27H28N4O2. The van der Waals surface area contributed by atoms with Crippen LogP contribution in [0.1, 0.15) is 58.3 Å². The van der Waals surface area contributed by atoms with Crippen LogP contribution in [-0.2, 0) is 11.2 Å². The summed E-state index contributed by atoms with van der Waals surface area (Å²) in [4.78, 5) is 32.0. The Labute approximate surface area is 193 Å². The predicted molar refractivity (Wildman–Crippen MR) is 128 cm³/mol. The third-order valence-electron chi connectivity index (χ3n) is 6.92. The average molecular weight is 441 g/mol. The van der Waals surface area contributed by atoms with E-state index in [1.54, 1.807) is 36.7 Å². The second-order valence-corrected chi connectivity index (χ2v) is 8.87. The molecular weight excluding hydrogens is 412 g/mol. The summed E-state index contributed by atoms with van der Waals surface area (Å²) in [6.45, 7) is 0.752. The Hall–Kier alpha value is -3.51. The highest BCUT2D eigenvalue weighted by molar-refractivity contribution is 6.04. The molecule has 2 aromatic carbocycles. The van der Waals surface area contributed by atoms with Crippen LogP contribution < -0.4 is 11.1 Å². The molecule has 0 saturated carbocycles. The lowest BCUT2D eigenvalue weighted by atomic mass is 9.95. The smallest absolute Gasteiger partial charge is 0.255 e. The molecule has 0 radical (unpaired) electrons. The normalized spacial score (nSPS) is 20.3. The van der Waals surface area contributed by atoms with E-state index in [1.165, 1.54) is 11.1 Å². The summed E-state index contributed by atoms with van der Waals surface area (Å²) < 4.78 is 0. The highest BCUT2D eigenvalue weighted by atomic mass is 16.2. The number of benzene rings is 2. The van der Waals surface area contributed by atoms with Crippen molar-refractivity contribution in [3.63, 3.8) is 0 Å². The number of anilines is 1. The summed E-state index contributed by atoms with van der Waals surface area (Å²) in [5, 5.41) is 2.86. The molecule has 2 heterocycles. The predicted octanol–water partition coefficient (Wildman–Crippen LogP) is 4.05. The third-order valence-corrected chi connectivity index (χ3v) is 6.92. The van der Waals surface area contributed by atoms with Gasteiger partial charge in [0, 0.05) is 30.2 Å². The molecule has 6 heteroatoms. The average Bonchev–Trinajstić information content (AvgIpc) is 3.52. The van der Waals surface area contributed by atoms with E-state index in [-0.39, 0.29) is 29.8 Å². The van der Waals surface area contributed by atoms with Crippen LogP contribution >= 0.6 is 0 Å². The monoisotopic (exact) mass is 440 g/mol. The molecule has 1 saturated heterocycles. The van der Waals surface area contributed by atoms with Crippen LogP contribution in [0.25, 0.3) is 0 Å². The lowest BCUT2D eigenvalue weighted by Gasteiger charge is -2.32. The van der Waals surface area contributed by atoms with Crippen LogP contribution in [0.4, 0.5) is 5.69 Å². The molecule has 3 N–H and O–H groups in total. The number of nitrogens with one attached hydrogen (secondary N) is 1. The number of carbonyl (C=O) groups excluding carboxylic acids is 2. The zero-order valence-corrected chi connectivity index (χ0v) is 18.5. The maximum atomic E-state index is 13.5. The van der Waals surface area contributed by atoms with Gasteiger partial charge >= 0.3 is 0 Å². The van der Waals surface area contributed by atoms with Crippen molar-refractivity contribution in [2.45, 2.75) is 43.7 Å². The van der Waals surface area contributed by atoms with Crippen molar-refractivity contribution in [2.24, 2.45) is 5.73 Å². The van der Waals surface area contributed by atoms with Gasteiger partial charge in [-0.25, -0.2) is 0 Å². The van der Waals surface area contributed by atoms with Crippen LogP contribution in [-0.4, -0.2) is 34.3 Å². The first-order chi connectivity index (χ1) is 16.1. The van der Waals surface area contributed by atoms with E-state index in [2.05, 4.69) is 22.4 Å². The molecule has 6 nitrogen and oxygen atoms in total. The van der Waals surface area contributed by atoms with Gasteiger partial charge in [-0.05, 0) is 66.6 Å². The molecule has 1 aliphatic heterocycles. The van der Waals surface area contributed by atoms with Gasteiger partial charge in [0.25, 0.3) is 5.91 Å². The number of carbonyl (C=O) groups is 2. The molecule has 1 unspecified atom stereocenters. The van der Waals surface area contributed by atoms with E-state index >= 15 is 0 Å². The van der Waals surface area contributed by atoms with Crippen molar-refractivity contribution in [3.05, 3.63) is 95.3 Å². The zero-order valence-electron chi connectivity index (χ0n) is 18.5. The first-order valence-corrected chi connectivity index (χ1v) is 11.6. The van der Waals surface area contributed by atoms with E-state index < -0.39 is 0 Å². The second-order valence-electron chi connectivity index (χ2n) is 8.87. The van der Waals surface area contributed by atoms with Crippen molar-refractivity contribution in [1.29, 1.82) is 0 Å². The molecule has 3 atom stereocenters. The third kappa shape index (κ3) is 4.26. The van der Waals surface area contributed by atoms with Crippen molar-refractivity contribution in [3.8, 4) is 0 Å². The summed E-state index contributed by atoms with van der Waals surface area (Å²) in [6, 6.07) is 18.8. The van der Waals surface area contributed by atoms with Crippen molar-refractivity contribution >= 4 is 17.5 Å². The fourth-order valence-electron chi connectivity index (χ4n) is 5.17. The van der Waals surface area contributed by atoms with E-state index in [0.29, 0.717) is 11.3 Å². The van der Waals surface area contributed by atoms with Gasteiger partial charge in [-0.3, -0.25) is 14.6 Å². The lowest BCUT2D eigenvalue weighted by Crippen LogP contribution is -2.43. The fraction of sp³-hybridized carbons (Fsp3) is 0.296. The summed E-state index contributed by atoms with van der Waals surface area (Å²) in [7, 11) is 0. The molecule has 1 aromatic heterocycles. The standard InChI is InChI=1S/C27H28N4O2/c28-25(19-7-9-20(10-8-19)26(32)30-21-13-15-29-16-14-21)24-6-3-17-31(24)27(33)23-12-11-18-4-1-2-5-22(18)23/h1-2,4-5,7-10,13-16,23-25H,3,6,11-12,17,28H2,(H,29,30,32)/t23-,24-,25?/m1/s1. The Morgan fingerprint density at radius 2 is 1.76 bits per heavy atom. The molecule has 1 aliphatic carbocycles. The number of rotatable bonds is 5. The van der Waals surface area contributed by atoms with Gasteiger partial charge < -0.3 is 16.0 Å². The largest absolute Gasteiger partial charge is 0.337 e. The van der Waals surface area contributed by atoms with Crippen LogP contribution in [0, 0.1) is 0 Å². The lowest BCUT2D eigenvalue weighted by molar-refractivity contribution is -0.134. The van der Waals surface area contributed by atoms with E-state index in [4.69, 9.17) is 5.73 Å². The number of fused-ring (bicyclic) bond motifs is 1. The van der Waals surface area contributed by atoms with Gasteiger partial charge in [0.05, 0.1) is 18.0 Å². The Kier molecular flexibility index (Phi) is 5.92. The van der Waals surface area contributed by atoms with Gasteiger partial charge in [-0.2, -0.15) is 0 Å². The van der Waals surface area contributed by atoms with Crippen LogP contribution in [0.5, 0.6) is 0 Å². The minimum Gasteiger partial charge on any atom is -0.337 e. The van der Waals surface area contributed by atoms with Crippen molar-refractivity contribution in [1.82, 2.24) is 9.88 Å². The summed E-state index contributed by atoms with van der Waals surface area (Å²) >= 11 is 0. The molecule has 2 amide bonds. The van der Waals surface area contributed by atoms with Crippen LogP contribution in [0.15, 0.2) is 73.1 Å². The van der Waals surface area contributed by atoms with Gasteiger partial charge in [-0.1, -0.05) is 36.4 Å². The zero-order chi connectivity index (χ0) is 22.8. The molecule has 1 fully saturated rings. The first kappa shape index (κ1) is 21.3. The Morgan fingerprint density at radius 3 is 2.55 bits per heavy atom. The maximum absolute atomic E-state index is 13.5. The van der Waals surface area contributed by atoms with Gasteiger partial charge in [0.2, 0.25) is 5.91 Å². The number of nitrogens with zero attached hydrogens (tertiary/aromatic N) is 2. The maximum Gasteiger partial charge on any atom is 0.255 e. The number of pyridine rings is 1. The number of nitrogens with two attached hydrogens (primary N) is 1. The summed E-state index contributed by atoms with van der Waals surface area (Å²) in [5.74, 6) is -0.0431. The SMILES string of the molecule is NC(c1ccc(C(=O)Nc2ccncc2)cc1)[C@H]1CCCN1C(=O)[C@@H]1CCc2ccccc21. The summed E-state index contributed by atoms with van der Waals surface area (Å²) in [6.07, 6.45) is 6.96. The Morgan fingerprint density at radius 1 is 1.00 bits per heavy atom. The first-order valence-electron chi connectivity index (χ1n) is 11.6. The van der Waals surface area contributed by atoms with Gasteiger partial charge in [0.15, 0.2) is 0 Å². The molecule has 0 bridgehead atoms. The number of hydrogen-bond donors (Lipinski definition) is 2. The van der Waals surface area contributed by atoms with Gasteiger partial charge in [0.1, 0.15) is 0 Å². The number of likely N-dealkylation sites (tertiary alicyclic amines) is 1.